The van der Waals surface area contributed by atoms with Gasteiger partial charge in [0.05, 0.1) is 0 Å². The fourth-order valence-electron chi connectivity index (χ4n) is 0.895. The van der Waals surface area contributed by atoms with Crippen molar-refractivity contribution in [3.63, 3.8) is 0 Å². The molecule has 0 fully saturated rings. The van der Waals surface area contributed by atoms with E-state index in [0.29, 0.717) is 12.1 Å². The Hall–Kier alpha value is -0.880. The Morgan fingerprint density at radius 2 is 1.60 bits per heavy atom. The number of halogens is 6. The lowest BCUT2D eigenvalue weighted by molar-refractivity contribution is -0.149. The molecule has 0 spiro atoms. The summed E-state index contributed by atoms with van der Waals surface area (Å²) in [5.74, 6) is -2.55. The number of rotatable bonds is 1. The molecular weight excluding hydrogens is 241 g/mol. The molecule has 0 aromatic heterocycles. The summed E-state index contributed by atoms with van der Waals surface area (Å²) in [6.45, 7) is 0. The van der Waals surface area contributed by atoms with Crippen molar-refractivity contribution in [3.8, 4) is 0 Å². The third-order valence-corrected chi connectivity index (χ3v) is 1.66. The molecule has 0 heterocycles. The molecule has 0 radical (unpaired) electrons. The van der Waals surface area contributed by atoms with Crippen molar-refractivity contribution in [2.45, 2.75) is 12.2 Å². The minimum Gasteiger partial charge on any atom is -0.316 e. The molecule has 7 heteroatoms. The number of alkyl halides is 3. The van der Waals surface area contributed by atoms with Crippen LogP contribution in [0.3, 0.4) is 0 Å². The lowest BCUT2D eigenvalue weighted by atomic mass is 10.1. The van der Waals surface area contributed by atoms with Gasteiger partial charge >= 0.3 is 6.18 Å². The third kappa shape index (κ3) is 3.32. The van der Waals surface area contributed by atoms with Crippen LogP contribution in [0.5, 0.6) is 0 Å². The lowest BCUT2D eigenvalue weighted by Crippen LogP contribution is -2.28. The standard InChI is InChI=1S/C8H6F5N.ClH/c9-5-2-1-4(3-6(5)10)7(14)8(11,12)13;/h1-3,7H,14H2;1H/t7-;/m0./s1. The summed E-state index contributed by atoms with van der Waals surface area (Å²) in [5.41, 5.74) is 4.27. The van der Waals surface area contributed by atoms with Crippen molar-refractivity contribution in [2.24, 2.45) is 5.73 Å². The van der Waals surface area contributed by atoms with Crippen molar-refractivity contribution < 1.29 is 22.0 Å². The van der Waals surface area contributed by atoms with Crippen molar-refractivity contribution in [2.75, 3.05) is 0 Å². The second kappa shape index (κ2) is 4.76. The van der Waals surface area contributed by atoms with Gasteiger partial charge in [0.15, 0.2) is 11.6 Å². The molecule has 1 nitrogen and oxygen atoms in total. The van der Waals surface area contributed by atoms with E-state index in [1.807, 2.05) is 0 Å². The Morgan fingerprint density at radius 3 is 2.00 bits per heavy atom. The smallest absolute Gasteiger partial charge is 0.316 e. The van der Waals surface area contributed by atoms with Crippen molar-refractivity contribution in [1.82, 2.24) is 0 Å². The molecule has 0 bridgehead atoms. The molecule has 0 saturated carbocycles. The van der Waals surface area contributed by atoms with Gasteiger partial charge in [-0.1, -0.05) is 6.07 Å². The predicted octanol–water partition coefficient (Wildman–Crippen LogP) is 2.95. The highest BCUT2D eigenvalue weighted by atomic mass is 35.5. The van der Waals surface area contributed by atoms with Crippen LogP contribution in [0.1, 0.15) is 11.6 Å². The molecule has 0 aliphatic carbocycles. The lowest BCUT2D eigenvalue weighted by Gasteiger charge is -2.15. The zero-order valence-corrected chi connectivity index (χ0v) is 8.00. The monoisotopic (exact) mass is 247 g/mol. The van der Waals surface area contributed by atoms with Crippen LogP contribution >= 0.6 is 12.4 Å². The Labute approximate surface area is 88.5 Å². The first kappa shape index (κ1) is 14.1. The average Bonchev–Trinajstić information content (AvgIpc) is 2.07. The van der Waals surface area contributed by atoms with Crippen molar-refractivity contribution in [3.05, 3.63) is 35.4 Å². The second-order valence-electron chi connectivity index (χ2n) is 2.69. The molecule has 86 valence electrons. The van der Waals surface area contributed by atoms with Crippen molar-refractivity contribution >= 4 is 12.4 Å². The number of benzene rings is 1. The first-order chi connectivity index (χ1) is 6.32. The molecular formula is C8H7ClF5N. The summed E-state index contributed by atoms with van der Waals surface area (Å²) in [6.07, 6.45) is -4.66. The Bertz CT molecular complexity index is 338. The minimum absolute atomic E-state index is 0. The fraction of sp³-hybridized carbons (Fsp3) is 0.250. The van der Waals surface area contributed by atoms with E-state index < -0.39 is 29.4 Å². The van der Waals surface area contributed by atoms with Crippen molar-refractivity contribution in [1.29, 1.82) is 0 Å². The normalized spacial score (nSPS) is 13.2. The number of hydrogen-bond donors (Lipinski definition) is 1. The fourth-order valence-corrected chi connectivity index (χ4v) is 0.895. The molecule has 1 aromatic rings. The highest BCUT2D eigenvalue weighted by molar-refractivity contribution is 5.85. The van der Waals surface area contributed by atoms with E-state index in [1.54, 1.807) is 0 Å². The summed E-state index contributed by atoms with van der Waals surface area (Å²) < 4.78 is 61.0. The molecule has 0 amide bonds. The van der Waals surface area contributed by atoms with E-state index in [0.717, 1.165) is 6.07 Å². The van der Waals surface area contributed by atoms with Gasteiger partial charge in [-0.3, -0.25) is 0 Å². The van der Waals surface area contributed by atoms with Gasteiger partial charge in [0.1, 0.15) is 6.04 Å². The van der Waals surface area contributed by atoms with Gasteiger partial charge in [0, 0.05) is 0 Å². The topological polar surface area (TPSA) is 26.0 Å². The summed E-state index contributed by atoms with van der Waals surface area (Å²) in [7, 11) is 0. The maximum absolute atomic E-state index is 12.5. The van der Waals surface area contributed by atoms with Crippen LogP contribution in [0.4, 0.5) is 22.0 Å². The predicted molar refractivity (Wildman–Crippen MR) is 46.6 cm³/mol. The van der Waals surface area contributed by atoms with Gasteiger partial charge in [-0.15, -0.1) is 12.4 Å². The SMILES string of the molecule is Cl.N[C@@H](c1ccc(F)c(F)c1)C(F)(F)F. The molecule has 0 aliphatic heterocycles. The van der Waals surface area contributed by atoms with E-state index in [2.05, 4.69) is 0 Å². The summed E-state index contributed by atoms with van der Waals surface area (Å²) in [4.78, 5) is 0. The van der Waals surface area contributed by atoms with E-state index in [9.17, 15) is 22.0 Å². The van der Waals surface area contributed by atoms with Crippen LogP contribution in [0.2, 0.25) is 0 Å². The number of nitrogens with two attached hydrogens (primary N) is 1. The molecule has 2 N–H and O–H groups in total. The molecule has 1 atom stereocenters. The summed E-state index contributed by atoms with van der Waals surface area (Å²) in [6, 6.07) is -0.446. The molecule has 15 heavy (non-hydrogen) atoms. The maximum atomic E-state index is 12.5. The van der Waals surface area contributed by atoms with Gasteiger partial charge < -0.3 is 5.73 Å². The van der Waals surface area contributed by atoms with Crippen LogP contribution in [0, 0.1) is 11.6 Å². The maximum Gasteiger partial charge on any atom is 0.407 e. The molecule has 0 saturated heterocycles. The minimum atomic E-state index is -4.66. The van der Waals surface area contributed by atoms with Gasteiger partial charge in [0.25, 0.3) is 0 Å². The van der Waals surface area contributed by atoms with Gasteiger partial charge in [-0.2, -0.15) is 13.2 Å². The van der Waals surface area contributed by atoms with E-state index in [1.165, 1.54) is 0 Å². The summed E-state index contributed by atoms with van der Waals surface area (Å²) in [5, 5.41) is 0. The van der Waals surface area contributed by atoms with Crippen LogP contribution in [0.25, 0.3) is 0 Å². The zero-order chi connectivity index (χ0) is 10.9. The van der Waals surface area contributed by atoms with E-state index >= 15 is 0 Å². The largest absolute Gasteiger partial charge is 0.407 e. The zero-order valence-electron chi connectivity index (χ0n) is 7.18. The Balaban J connectivity index is 0.00000196. The molecule has 0 aliphatic rings. The van der Waals surface area contributed by atoms with Crippen LogP contribution < -0.4 is 5.73 Å². The third-order valence-electron chi connectivity index (χ3n) is 1.66. The second-order valence-corrected chi connectivity index (χ2v) is 2.69. The highest BCUT2D eigenvalue weighted by Crippen LogP contribution is 2.30. The average molecular weight is 248 g/mol. The quantitative estimate of drug-likeness (QED) is 0.759. The van der Waals surface area contributed by atoms with Crippen LogP contribution in [-0.2, 0) is 0 Å². The molecule has 1 aromatic carbocycles. The van der Waals surface area contributed by atoms with Gasteiger partial charge in [-0.25, -0.2) is 8.78 Å². The first-order valence-corrected chi connectivity index (χ1v) is 3.59. The molecule has 1 rings (SSSR count). The van der Waals surface area contributed by atoms with E-state index in [-0.39, 0.29) is 12.4 Å². The highest BCUT2D eigenvalue weighted by Gasteiger charge is 2.38. The molecule has 0 unspecified atom stereocenters. The first-order valence-electron chi connectivity index (χ1n) is 3.59. The Morgan fingerprint density at radius 1 is 1.07 bits per heavy atom. The van der Waals surface area contributed by atoms with Gasteiger partial charge in [0.2, 0.25) is 0 Å². The number of hydrogen-bond acceptors (Lipinski definition) is 1. The van der Waals surface area contributed by atoms with E-state index in [4.69, 9.17) is 5.73 Å². The van der Waals surface area contributed by atoms with Gasteiger partial charge in [-0.05, 0) is 17.7 Å². The summed E-state index contributed by atoms with van der Waals surface area (Å²) >= 11 is 0. The van der Waals surface area contributed by atoms with Crippen LogP contribution in [-0.4, -0.2) is 6.18 Å². The Kier molecular flexibility index (Phi) is 4.48. The van der Waals surface area contributed by atoms with Crippen LogP contribution in [0.15, 0.2) is 18.2 Å².